The van der Waals surface area contributed by atoms with E-state index in [0.717, 1.165) is 19.3 Å². The fourth-order valence-electron chi connectivity index (χ4n) is 2.12. The maximum absolute atomic E-state index is 11.0. The summed E-state index contributed by atoms with van der Waals surface area (Å²) in [6.45, 7) is 0.248. The summed E-state index contributed by atoms with van der Waals surface area (Å²) in [5.41, 5.74) is -0.504. The molecule has 0 bridgehead atoms. The highest BCUT2D eigenvalue weighted by Crippen LogP contribution is 2.39. The highest BCUT2D eigenvalue weighted by Gasteiger charge is 2.47. The Bertz CT molecular complexity index is 261. The lowest BCUT2D eigenvalue weighted by atomic mass is 10.0. The zero-order chi connectivity index (χ0) is 10.0. The summed E-state index contributed by atoms with van der Waals surface area (Å²) in [7, 11) is 1.58. The molecule has 0 unspecified atom stereocenters. The first-order chi connectivity index (χ1) is 6.77. The first-order valence-electron chi connectivity index (χ1n) is 4.79. The number of hydrogen-bond acceptors (Lipinski definition) is 4. The Morgan fingerprint density at radius 1 is 1.71 bits per heavy atom. The van der Waals surface area contributed by atoms with Crippen LogP contribution < -0.4 is 0 Å². The SMILES string of the molecule is COCO[C@@H]1CCC[C@]12C=CC(=O)O2. The van der Waals surface area contributed by atoms with Crippen LogP contribution in [0.2, 0.25) is 0 Å². The molecular formula is C10H14O4. The third-order valence-electron chi connectivity index (χ3n) is 2.76. The van der Waals surface area contributed by atoms with Crippen molar-refractivity contribution < 1.29 is 19.0 Å². The first kappa shape index (κ1) is 9.68. The highest BCUT2D eigenvalue weighted by molar-refractivity contribution is 5.85. The van der Waals surface area contributed by atoms with E-state index in [1.165, 1.54) is 6.08 Å². The number of methoxy groups -OCH3 is 1. The Labute approximate surface area is 82.8 Å². The molecule has 78 valence electrons. The minimum atomic E-state index is -0.504. The van der Waals surface area contributed by atoms with Crippen LogP contribution in [0.5, 0.6) is 0 Å². The van der Waals surface area contributed by atoms with E-state index in [0.29, 0.717) is 0 Å². The van der Waals surface area contributed by atoms with Crippen LogP contribution in [0.3, 0.4) is 0 Å². The molecule has 0 aromatic rings. The number of carbonyl (C=O) groups is 1. The number of carbonyl (C=O) groups excluding carboxylic acids is 1. The van der Waals surface area contributed by atoms with Gasteiger partial charge in [-0.2, -0.15) is 0 Å². The predicted octanol–water partition coefficient (Wildman–Crippen LogP) is 1.01. The molecular weight excluding hydrogens is 184 g/mol. The second kappa shape index (κ2) is 3.71. The Morgan fingerprint density at radius 2 is 2.57 bits per heavy atom. The first-order valence-corrected chi connectivity index (χ1v) is 4.79. The van der Waals surface area contributed by atoms with Crippen molar-refractivity contribution in [3.63, 3.8) is 0 Å². The van der Waals surface area contributed by atoms with Gasteiger partial charge in [-0.15, -0.1) is 0 Å². The van der Waals surface area contributed by atoms with Crippen molar-refractivity contribution >= 4 is 5.97 Å². The third-order valence-corrected chi connectivity index (χ3v) is 2.76. The van der Waals surface area contributed by atoms with E-state index in [4.69, 9.17) is 14.2 Å². The van der Waals surface area contributed by atoms with Crippen molar-refractivity contribution in [2.75, 3.05) is 13.9 Å². The van der Waals surface area contributed by atoms with Crippen LogP contribution in [0.25, 0.3) is 0 Å². The number of ether oxygens (including phenoxy) is 3. The molecule has 4 heteroatoms. The average Bonchev–Trinajstić information content (AvgIpc) is 2.72. The van der Waals surface area contributed by atoms with Gasteiger partial charge in [-0.1, -0.05) is 0 Å². The maximum atomic E-state index is 11.0. The summed E-state index contributed by atoms with van der Waals surface area (Å²) in [4.78, 5) is 11.0. The molecule has 2 aliphatic rings. The molecule has 1 aliphatic heterocycles. The van der Waals surface area contributed by atoms with Crippen molar-refractivity contribution in [3.05, 3.63) is 12.2 Å². The second-order valence-electron chi connectivity index (χ2n) is 3.66. The lowest BCUT2D eigenvalue weighted by Gasteiger charge is -2.28. The molecule has 2 rings (SSSR count). The molecule has 0 aromatic heterocycles. The van der Waals surface area contributed by atoms with Gasteiger partial charge in [-0.25, -0.2) is 4.79 Å². The van der Waals surface area contributed by atoms with E-state index in [2.05, 4.69) is 0 Å². The highest BCUT2D eigenvalue weighted by atomic mass is 16.7. The second-order valence-corrected chi connectivity index (χ2v) is 3.66. The molecule has 0 amide bonds. The third kappa shape index (κ3) is 1.55. The monoisotopic (exact) mass is 198 g/mol. The van der Waals surface area contributed by atoms with Crippen LogP contribution in [-0.2, 0) is 19.0 Å². The molecule has 0 N–H and O–H groups in total. The smallest absolute Gasteiger partial charge is 0.331 e. The van der Waals surface area contributed by atoms with Crippen molar-refractivity contribution in [3.8, 4) is 0 Å². The summed E-state index contributed by atoms with van der Waals surface area (Å²) in [6, 6.07) is 0. The molecule has 1 saturated carbocycles. The molecule has 1 aliphatic carbocycles. The Balaban J connectivity index is 2.03. The van der Waals surface area contributed by atoms with Gasteiger partial charge in [0.25, 0.3) is 0 Å². The van der Waals surface area contributed by atoms with Gasteiger partial charge in [-0.05, 0) is 25.3 Å². The lowest BCUT2D eigenvalue weighted by molar-refractivity contribution is -0.165. The van der Waals surface area contributed by atoms with Crippen molar-refractivity contribution in [1.29, 1.82) is 0 Å². The van der Waals surface area contributed by atoms with Gasteiger partial charge in [0.15, 0.2) is 5.60 Å². The van der Waals surface area contributed by atoms with Gasteiger partial charge < -0.3 is 14.2 Å². The van der Waals surface area contributed by atoms with Crippen LogP contribution in [0.15, 0.2) is 12.2 Å². The summed E-state index contributed by atoms with van der Waals surface area (Å²) in [5.74, 6) is -0.266. The van der Waals surface area contributed by atoms with Gasteiger partial charge in [-0.3, -0.25) is 0 Å². The largest absolute Gasteiger partial charge is 0.449 e. The normalized spacial score (nSPS) is 35.5. The van der Waals surface area contributed by atoms with Crippen LogP contribution in [0.1, 0.15) is 19.3 Å². The van der Waals surface area contributed by atoms with E-state index >= 15 is 0 Å². The summed E-state index contributed by atoms with van der Waals surface area (Å²) < 4.78 is 15.6. The van der Waals surface area contributed by atoms with Crippen molar-refractivity contribution in [1.82, 2.24) is 0 Å². The zero-order valence-electron chi connectivity index (χ0n) is 8.19. The summed E-state index contributed by atoms with van der Waals surface area (Å²) in [6.07, 6.45) is 6.04. The predicted molar refractivity (Wildman–Crippen MR) is 48.6 cm³/mol. The molecule has 0 saturated heterocycles. The van der Waals surface area contributed by atoms with Gasteiger partial charge in [0.05, 0.1) is 0 Å². The summed E-state index contributed by atoms with van der Waals surface area (Å²) in [5, 5.41) is 0. The minimum Gasteiger partial charge on any atom is -0.449 e. The lowest BCUT2D eigenvalue weighted by Crippen LogP contribution is -2.39. The molecule has 1 heterocycles. The Morgan fingerprint density at radius 3 is 3.21 bits per heavy atom. The topological polar surface area (TPSA) is 44.8 Å². The molecule has 1 fully saturated rings. The van der Waals surface area contributed by atoms with Gasteiger partial charge >= 0.3 is 5.97 Å². The molecule has 14 heavy (non-hydrogen) atoms. The van der Waals surface area contributed by atoms with E-state index in [9.17, 15) is 4.79 Å². The van der Waals surface area contributed by atoms with Gasteiger partial charge in [0.2, 0.25) is 0 Å². The van der Waals surface area contributed by atoms with E-state index in [-0.39, 0.29) is 18.9 Å². The number of esters is 1. The van der Waals surface area contributed by atoms with E-state index < -0.39 is 5.60 Å². The molecule has 1 spiro atoms. The van der Waals surface area contributed by atoms with Crippen molar-refractivity contribution in [2.24, 2.45) is 0 Å². The summed E-state index contributed by atoms with van der Waals surface area (Å²) >= 11 is 0. The Kier molecular flexibility index (Phi) is 2.56. The number of hydrogen-bond donors (Lipinski definition) is 0. The fraction of sp³-hybridized carbons (Fsp3) is 0.700. The van der Waals surface area contributed by atoms with Gasteiger partial charge in [0.1, 0.15) is 12.9 Å². The molecule has 0 aromatic carbocycles. The average molecular weight is 198 g/mol. The quantitative estimate of drug-likeness (QED) is 0.501. The fourth-order valence-corrected chi connectivity index (χ4v) is 2.12. The van der Waals surface area contributed by atoms with E-state index in [1.54, 1.807) is 7.11 Å². The minimum absolute atomic E-state index is 0.0508. The maximum Gasteiger partial charge on any atom is 0.331 e. The van der Waals surface area contributed by atoms with Crippen LogP contribution >= 0.6 is 0 Å². The molecule has 2 atom stereocenters. The van der Waals surface area contributed by atoms with Gasteiger partial charge in [0, 0.05) is 13.2 Å². The Hall–Kier alpha value is -0.870. The standard InChI is InChI=1S/C10H14O4/c1-12-7-13-8-3-2-5-10(8)6-4-9(11)14-10/h4,6,8H,2-3,5,7H2,1H3/t8-,10+/m1/s1. The molecule has 0 radical (unpaired) electrons. The van der Waals surface area contributed by atoms with Crippen LogP contribution in [0.4, 0.5) is 0 Å². The van der Waals surface area contributed by atoms with E-state index in [1.807, 2.05) is 6.08 Å². The molecule has 4 nitrogen and oxygen atoms in total. The van der Waals surface area contributed by atoms with Crippen molar-refractivity contribution in [2.45, 2.75) is 31.0 Å². The van der Waals surface area contributed by atoms with Crippen LogP contribution in [-0.4, -0.2) is 31.6 Å². The van der Waals surface area contributed by atoms with Crippen LogP contribution in [0, 0.1) is 0 Å². The number of rotatable bonds is 3. The zero-order valence-corrected chi connectivity index (χ0v) is 8.19.